The molecule has 1 unspecified atom stereocenters. The van der Waals surface area contributed by atoms with Crippen LogP contribution in [0.5, 0.6) is 5.88 Å². The lowest BCUT2D eigenvalue weighted by Crippen LogP contribution is -2.48. The van der Waals surface area contributed by atoms with Gasteiger partial charge in [0.1, 0.15) is 5.60 Å². The van der Waals surface area contributed by atoms with Gasteiger partial charge in [0.25, 0.3) is 5.91 Å². The maximum absolute atomic E-state index is 12.8. The van der Waals surface area contributed by atoms with Crippen LogP contribution in [0.3, 0.4) is 0 Å². The Kier molecular flexibility index (Phi) is 5.02. The maximum Gasteiger partial charge on any atom is 0.410 e. The topological polar surface area (TPSA) is 85.7 Å². The Morgan fingerprint density at radius 1 is 1.31 bits per heavy atom. The van der Waals surface area contributed by atoms with Crippen LogP contribution < -0.4 is 10.1 Å². The van der Waals surface area contributed by atoms with Gasteiger partial charge in [-0.25, -0.2) is 9.48 Å². The number of benzene rings is 1. The minimum atomic E-state index is -0.608. The summed E-state index contributed by atoms with van der Waals surface area (Å²) in [6.45, 7) is 6.14. The van der Waals surface area contributed by atoms with Crippen molar-refractivity contribution in [2.45, 2.75) is 38.8 Å². The van der Waals surface area contributed by atoms with Crippen LogP contribution in [0.25, 0.3) is 5.69 Å². The number of amides is 2. The average molecular weight is 463 g/mol. The number of aromatic nitrogens is 2. The zero-order chi connectivity index (χ0) is 20.8. The first-order valence-corrected chi connectivity index (χ1v) is 10.3. The second-order valence-electron chi connectivity index (χ2n) is 8.09. The number of nitrogens with one attached hydrogen (secondary N) is 1. The number of carbonyl (C=O) groups is 2. The lowest BCUT2D eigenvalue weighted by molar-refractivity contribution is -0.123. The first kappa shape index (κ1) is 19.8. The number of rotatable bonds is 1. The molecule has 2 aromatic rings. The minimum absolute atomic E-state index is 0.108. The van der Waals surface area contributed by atoms with E-state index in [0.717, 1.165) is 21.4 Å². The van der Waals surface area contributed by atoms with Gasteiger partial charge in [-0.3, -0.25) is 9.69 Å². The highest BCUT2D eigenvalue weighted by Crippen LogP contribution is 2.38. The first-order chi connectivity index (χ1) is 13.7. The monoisotopic (exact) mass is 462 g/mol. The Labute approximate surface area is 177 Å². The van der Waals surface area contributed by atoms with Crippen LogP contribution in [-0.4, -0.2) is 52.0 Å². The summed E-state index contributed by atoms with van der Waals surface area (Å²) < 4.78 is 14.1. The summed E-state index contributed by atoms with van der Waals surface area (Å²) in [5.74, 6) is 0.140. The van der Waals surface area contributed by atoms with Crippen molar-refractivity contribution in [1.82, 2.24) is 20.0 Å². The number of hydrogen-bond donors (Lipinski definition) is 1. The lowest BCUT2D eigenvalue weighted by atomic mass is 9.98. The molecule has 29 heavy (non-hydrogen) atoms. The van der Waals surface area contributed by atoms with Gasteiger partial charge in [0.2, 0.25) is 5.88 Å². The molecule has 0 fully saturated rings. The molecule has 1 atom stereocenters. The summed E-state index contributed by atoms with van der Waals surface area (Å²) in [4.78, 5) is 26.5. The molecule has 0 saturated heterocycles. The Hall–Kier alpha value is -2.55. The van der Waals surface area contributed by atoms with E-state index in [1.54, 1.807) is 4.90 Å². The molecule has 0 aliphatic carbocycles. The summed E-state index contributed by atoms with van der Waals surface area (Å²) in [5.41, 5.74) is 2.08. The molecular formula is C20H23BrN4O4. The quantitative estimate of drug-likeness (QED) is 0.703. The van der Waals surface area contributed by atoms with Crippen LogP contribution in [0.1, 0.15) is 38.1 Å². The molecule has 1 N–H and O–H groups in total. The number of hydrogen-bond acceptors (Lipinski definition) is 5. The Morgan fingerprint density at radius 2 is 2.03 bits per heavy atom. The highest BCUT2D eigenvalue weighted by atomic mass is 79.9. The first-order valence-electron chi connectivity index (χ1n) is 9.50. The average Bonchev–Trinajstić information content (AvgIpc) is 3.01. The summed E-state index contributed by atoms with van der Waals surface area (Å²) in [5, 5.41) is 7.47. The molecule has 8 nitrogen and oxygen atoms in total. The lowest BCUT2D eigenvalue weighted by Gasteiger charge is -2.37. The van der Waals surface area contributed by atoms with E-state index in [0.29, 0.717) is 18.8 Å². The van der Waals surface area contributed by atoms with Crippen molar-refractivity contribution in [3.63, 3.8) is 0 Å². The van der Waals surface area contributed by atoms with Crippen LogP contribution in [-0.2, 0) is 16.0 Å². The summed E-state index contributed by atoms with van der Waals surface area (Å²) in [6, 6.07) is 7.40. The van der Waals surface area contributed by atoms with Crippen LogP contribution in [0, 0.1) is 0 Å². The fraction of sp³-hybridized carbons (Fsp3) is 0.450. The molecular weight excluding hydrogens is 440 g/mol. The van der Waals surface area contributed by atoms with Gasteiger partial charge in [-0.1, -0.05) is 15.9 Å². The molecule has 0 bridgehead atoms. The minimum Gasteiger partial charge on any atom is -0.466 e. The van der Waals surface area contributed by atoms with Gasteiger partial charge in [-0.05, 0) is 45.0 Å². The molecule has 2 amide bonds. The summed E-state index contributed by atoms with van der Waals surface area (Å²) >= 11 is 3.45. The van der Waals surface area contributed by atoms with Crippen LogP contribution in [0.4, 0.5) is 4.79 Å². The van der Waals surface area contributed by atoms with E-state index in [1.165, 1.54) is 0 Å². The molecule has 3 heterocycles. The summed E-state index contributed by atoms with van der Waals surface area (Å²) in [6.07, 6.45) is 0.191. The largest absolute Gasteiger partial charge is 0.466 e. The van der Waals surface area contributed by atoms with Crippen LogP contribution in [0.2, 0.25) is 0 Å². The Balaban J connectivity index is 1.77. The van der Waals surface area contributed by atoms with E-state index in [2.05, 4.69) is 26.3 Å². The van der Waals surface area contributed by atoms with E-state index in [-0.39, 0.29) is 19.1 Å². The second kappa shape index (κ2) is 7.37. The van der Waals surface area contributed by atoms with Gasteiger partial charge < -0.3 is 14.8 Å². The highest BCUT2D eigenvalue weighted by Gasteiger charge is 2.40. The fourth-order valence-electron chi connectivity index (χ4n) is 3.61. The van der Waals surface area contributed by atoms with Crippen molar-refractivity contribution in [3.05, 3.63) is 40.0 Å². The third-order valence-corrected chi connectivity index (χ3v) is 5.35. The van der Waals surface area contributed by atoms with E-state index >= 15 is 0 Å². The van der Waals surface area contributed by atoms with Crippen molar-refractivity contribution in [1.29, 1.82) is 0 Å². The van der Waals surface area contributed by atoms with E-state index in [1.807, 2.05) is 49.7 Å². The normalized spacial score (nSPS) is 18.8. The number of nitrogens with zero attached hydrogens (tertiary/aromatic N) is 3. The molecule has 0 radical (unpaired) electrons. The van der Waals surface area contributed by atoms with Crippen molar-refractivity contribution in [2.75, 3.05) is 19.7 Å². The predicted molar refractivity (Wildman–Crippen MR) is 109 cm³/mol. The third kappa shape index (κ3) is 3.96. The molecule has 9 heteroatoms. The number of carbonyl (C=O) groups excluding carboxylic acids is 2. The number of halogens is 1. The Morgan fingerprint density at radius 3 is 2.72 bits per heavy atom. The second-order valence-corrected chi connectivity index (χ2v) is 9.00. The van der Waals surface area contributed by atoms with Gasteiger partial charge in [-0.2, -0.15) is 0 Å². The third-order valence-electron chi connectivity index (χ3n) is 4.82. The smallest absolute Gasteiger partial charge is 0.410 e. The fourth-order valence-corrected chi connectivity index (χ4v) is 3.87. The van der Waals surface area contributed by atoms with E-state index in [4.69, 9.17) is 9.47 Å². The maximum atomic E-state index is 12.8. The molecule has 154 valence electrons. The highest BCUT2D eigenvalue weighted by molar-refractivity contribution is 9.10. The van der Waals surface area contributed by atoms with Gasteiger partial charge in [0.15, 0.2) is 6.61 Å². The summed E-state index contributed by atoms with van der Waals surface area (Å²) in [7, 11) is 0. The van der Waals surface area contributed by atoms with Gasteiger partial charge in [0.05, 0.1) is 23.0 Å². The van der Waals surface area contributed by atoms with Gasteiger partial charge in [0, 0.05) is 24.0 Å². The predicted octanol–water partition coefficient (Wildman–Crippen LogP) is 2.98. The molecule has 0 saturated carbocycles. The van der Waals surface area contributed by atoms with E-state index in [9.17, 15) is 9.59 Å². The van der Waals surface area contributed by atoms with E-state index < -0.39 is 17.7 Å². The molecule has 2 aliphatic rings. The Bertz CT molecular complexity index is 949. The molecule has 1 aromatic carbocycles. The SMILES string of the molecule is CC(C)(C)OC(=O)N1CCc2c3c(nn2-c2ccc(Br)cc2)OCC(=O)NCC31. The molecule has 4 rings (SSSR count). The molecule has 0 spiro atoms. The van der Waals surface area contributed by atoms with Gasteiger partial charge >= 0.3 is 6.09 Å². The number of ether oxygens (including phenoxy) is 2. The van der Waals surface area contributed by atoms with Crippen LogP contribution >= 0.6 is 15.9 Å². The van der Waals surface area contributed by atoms with Crippen molar-refractivity contribution < 1.29 is 19.1 Å². The van der Waals surface area contributed by atoms with Crippen molar-refractivity contribution >= 4 is 27.9 Å². The van der Waals surface area contributed by atoms with Crippen molar-refractivity contribution in [3.8, 4) is 11.6 Å². The van der Waals surface area contributed by atoms with Gasteiger partial charge in [-0.15, -0.1) is 5.10 Å². The zero-order valence-electron chi connectivity index (χ0n) is 16.6. The standard InChI is InChI=1S/C20H23BrN4O4/c1-20(2,3)29-19(27)24-9-8-14-17-15(24)10-22-16(26)11-28-18(17)23-25(14)13-6-4-12(21)5-7-13/h4-7,15H,8-11H2,1-3H3,(H,22,26). The zero-order valence-corrected chi connectivity index (χ0v) is 18.2. The molecule has 1 aromatic heterocycles. The van der Waals surface area contributed by atoms with Crippen LogP contribution in [0.15, 0.2) is 28.7 Å². The molecule has 2 aliphatic heterocycles. The van der Waals surface area contributed by atoms with Crippen molar-refractivity contribution in [2.24, 2.45) is 0 Å².